The number of benzene rings is 2. The molecular weight excluding hydrogens is 444 g/mol. The van der Waals surface area contributed by atoms with Crippen molar-refractivity contribution >= 4 is 34.8 Å². The van der Waals surface area contributed by atoms with Crippen LogP contribution >= 0.6 is 11.6 Å². The molecule has 4 rings (SSSR count). The predicted molar refractivity (Wildman–Crippen MR) is 126 cm³/mol. The van der Waals surface area contributed by atoms with Crippen molar-refractivity contribution in [1.29, 1.82) is 0 Å². The zero-order valence-corrected chi connectivity index (χ0v) is 19.6. The Bertz CT molecular complexity index is 1210. The smallest absolute Gasteiger partial charge is 0.260 e. The number of ether oxygens (including phenoxy) is 1. The number of hydrogen-bond donors (Lipinski definition) is 1. The number of methoxy groups -OCH3 is 1. The van der Waals surface area contributed by atoms with Crippen LogP contribution in [0.4, 0.5) is 11.4 Å². The molecule has 2 amide bonds. The van der Waals surface area contributed by atoms with E-state index in [-0.39, 0.29) is 30.7 Å². The molecule has 33 heavy (non-hydrogen) atoms. The number of para-hydroxylation sites is 1. The fraction of sp³-hybridized carbons (Fsp3) is 0.333. The molecule has 3 aromatic rings. The zero-order valence-electron chi connectivity index (χ0n) is 18.9. The highest BCUT2D eigenvalue weighted by Crippen LogP contribution is 2.36. The Morgan fingerprint density at radius 2 is 2.09 bits per heavy atom. The molecule has 2 aromatic carbocycles. The van der Waals surface area contributed by atoms with Crippen LogP contribution in [0.5, 0.6) is 5.75 Å². The summed E-state index contributed by atoms with van der Waals surface area (Å²) in [4.78, 5) is 32.0. The summed E-state index contributed by atoms with van der Waals surface area (Å²) in [5.41, 5.74) is 2.63. The van der Waals surface area contributed by atoms with Crippen molar-refractivity contribution in [3.63, 3.8) is 0 Å². The SMILES string of the molecule is COc1ccc(Cl)cc1N1CC(C(=O)Nc2c(C)cccc2-c2nc(C(C)C)no2)CC1=O. The van der Waals surface area contributed by atoms with Crippen LogP contribution in [0.25, 0.3) is 11.5 Å². The number of hydrogen-bond acceptors (Lipinski definition) is 6. The second-order valence-electron chi connectivity index (χ2n) is 8.32. The Balaban J connectivity index is 1.57. The van der Waals surface area contributed by atoms with E-state index in [2.05, 4.69) is 15.5 Å². The lowest BCUT2D eigenvalue weighted by Crippen LogP contribution is -2.28. The molecular formula is C24H25ClN4O4. The number of nitrogens with one attached hydrogen (secondary N) is 1. The van der Waals surface area contributed by atoms with Gasteiger partial charge in [-0.25, -0.2) is 0 Å². The quantitative estimate of drug-likeness (QED) is 0.556. The van der Waals surface area contributed by atoms with Crippen LogP contribution in [0.1, 0.15) is 37.6 Å². The fourth-order valence-electron chi connectivity index (χ4n) is 3.81. The summed E-state index contributed by atoms with van der Waals surface area (Å²) in [6.45, 7) is 6.07. The Morgan fingerprint density at radius 3 is 2.79 bits per heavy atom. The van der Waals surface area contributed by atoms with Gasteiger partial charge < -0.3 is 19.5 Å². The molecule has 9 heteroatoms. The van der Waals surface area contributed by atoms with Crippen LogP contribution in [-0.4, -0.2) is 35.6 Å². The topological polar surface area (TPSA) is 97.6 Å². The first-order chi connectivity index (χ1) is 15.8. The lowest BCUT2D eigenvalue weighted by molar-refractivity contribution is -0.122. The third-order valence-electron chi connectivity index (χ3n) is 5.64. The molecule has 1 aliphatic heterocycles. The molecule has 0 radical (unpaired) electrons. The number of carbonyl (C=O) groups is 2. The Morgan fingerprint density at radius 1 is 1.30 bits per heavy atom. The van der Waals surface area contributed by atoms with Crippen LogP contribution in [0, 0.1) is 12.8 Å². The molecule has 8 nitrogen and oxygen atoms in total. The van der Waals surface area contributed by atoms with Gasteiger partial charge in [-0.05, 0) is 36.8 Å². The van der Waals surface area contributed by atoms with Crippen molar-refractivity contribution in [3.8, 4) is 17.2 Å². The van der Waals surface area contributed by atoms with Crippen molar-refractivity contribution in [2.24, 2.45) is 5.92 Å². The highest BCUT2D eigenvalue weighted by atomic mass is 35.5. The van der Waals surface area contributed by atoms with Gasteiger partial charge in [-0.3, -0.25) is 9.59 Å². The Hall–Kier alpha value is -3.39. The second-order valence-corrected chi connectivity index (χ2v) is 8.76. The van der Waals surface area contributed by atoms with Crippen LogP contribution in [0.3, 0.4) is 0 Å². The van der Waals surface area contributed by atoms with Gasteiger partial charge in [0.15, 0.2) is 5.82 Å². The third-order valence-corrected chi connectivity index (χ3v) is 5.87. The van der Waals surface area contributed by atoms with E-state index in [0.717, 1.165) is 5.56 Å². The van der Waals surface area contributed by atoms with E-state index in [1.807, 2.05) is 39.0 Å². The molecule has 1 aromatic heterocycles. The van der Waals surface area contributed by atoms with Crippen molar-refractivity contribution in [3.05, 3.63) is 52.8 Å². The van der Waals surface area contributed by atoms with Gasteiger partial charge in [0.05, 0.1) is 30.0 Å². The summed E-state index contributed by atoms with van der Waals surface area (Å²) < 4.78 is 10.8. The minimum Gasteiger partial charge on any atom is -0.495 e. The summed E-state index contributed by atoms with van der Waals surface area (Å²) in [6.07, 6.45) is 0.0841. The molecule has 1 saturated heterocycles. The first kappa shape index (κ1) is 22.8. The van der Waals surface area contributed by atoms with Gasteiger partial charge in [0.1, 0.15) is 5.75 Å². The van der Waals surface area contributed by atoms with E-state index in [4.69, 9.17) is 20.9 Å². The van der Waals surface area contributed by atoms with Gasteiger partial charge in [-0.2, -0.15) is 4.98 Å². The van der Waals surface area contributed by atoms with Gasteiger partial charge in [-0.15, -0.1) is 0 Å². The number of nitrogens with zero attached hydrogens (tertiary/aromatic N) is 3. The molecule has 1 fully saturated rings. The van der Waals surface area contributed by atoms with Crippen molar-refractivity contribution in [2.45, 2.75) is 33.1 Å². The highest BCUT2D eigenvalue weighted by molar-refractivity contribution is 6.31. The molecule has 0 saturated carbocycles. The van der Waals surface area contributed by atoms with Gasteiger partial charge in [0, 0.05) is 23.9 Å². The van der Waals surface area contributed by atoms with E-state index >= 15 is 0 Å². The van der Waals surface area contributed by atoms with Gasteiger partial charge in [0.2, 0.25) is 11.8 Å². The van der Waals surface area contributed by atoms with E-state index in [1.165, 1.54) is 7.11 Å². The highest BCUT2D eigenvalue weighted by Gasteiger charge is 2.37. The molecule has 0 aliphatic carbocycles. The van der Waals surface area contributed by atoms with Gasteiger partial charge >= 0.3 is 0 Å². The van der Waals surface area contributed by atoms with Gasteiger partial charge in [0.25, 0.3) is 5.89 Å². The van der Waals surface area contributed by atoms with E-state index < -0.39 is 5.92 Å². The van der Waals surface area contributed by atoms with Gasteiger partial charge in [-0.1, -0.05) is 42.7 Å². The molecule has 1 unspecified atom stereocenters. The summed E-state index contributed by atoms with van der Waals surface area (Å²) >= 11 is 6.13. The molecule has 1 aliphatic rings. The predicted octanol–water partition coefficient (Wildman–Crippen LogP) is 4.82. The van der Waals surface area contributed by atoms with Crippen molar-refractivity contribution in [1.82, 2.24) is 10.1 Å². The maximum absolute atomic E-state index is 13.2. The van der Waals surface area contributed by atoms with Crippen molar-refractivity contribution in [2.75, 3.05) is 23.9 Å². The maximum Gasteiger partial charge on any atom is 0.260 e. The number of aromatic nitrogens is 2. The molecule has 1 atom stereocenters. The number of rotatable bonds is 6. The maximum atomic E-state index is 13.2. The first-order valence-corrected chi connectivity index (χ1v) is 11.0. The summed E-state index contributed by atoms with van der Waals surface area (Å²) in [5.74, 6) is 0.603. The fourth-order valence-corrected chi connectivity index (χ4v) is 3.97. The normalized spacial score (nSPS) is 15.9. The average Bonchev–Trinajstić information content (AvgIpc) is 3.42. The minimum absolute atomic E-state index is 0.0841. The number of aryl methyl sites for hydroxylation is 1. The summed E-state index contributed by atoms with van der Waals surface area (Å²) in [7, 11) is 1.53. The number of halogens is 1. The monoisotopic (exact) mass is 468 g/mol. The summed E-state index contributed by atoms with van der Waals surface area (Å²) in [6, 6.07) is 10.6. The lowest BCUT2D eigenvalue weighted by atomic mass is 10.0. The minimum atomic E-state index is -0.539. The number of carbonyl (C=O) groups excluding carboxylic acids is 2. The van der Waals surface area contributed by atoms with Crippen molar-refractivity contribution < 1.29 is 18.8 Å². The summed E-state index contributed by atoms with van der Waals surface area (Å²) in [5, 5.41) is 7.49. The van der Waals surface area contributed by atoms with Crippen LogP contribution in [0.15, 0.2) is 40.9 Å². The molecule has 0 bridgehead atoms. The molecule has 1 N–H and O–H groups in total. The van der Waals surface area contributed by atoms with Crippen LogP contribution in [0.2, 0.25) is 5.02 Å². The standard InChI is InChI=1S/C24H25ClN4O4/c1-13(2)22-27-24(33-28-22)17-7-5-6-14(3)21(17)26-23(31)15-10-20(30)29(12-15)18-11-16(25)8-9-19(18)32-4/h5-9,11,13,15H,10,12H2,1-4H3,(H,26,31). The largest absolute Gasteiger partial charge is 0.495 e. The average molecular weight is 469 g/mol. The molecule has 0 spiro atoms. The molecule has 172 valence electrons. The Labute approximate surface area is 196 Å². The zero-order chi connectivity index (χ0) is 23.7. The van der Waals surface area contributed by atoms with E-state index in [9.17, 15) is 9.59 Å². The second kappa shape index (κ2) is 9.23. The van der Waals surface area contributed by atoms with Crippen LogP contribution in [-0.2, 0) is 9.59 Å². The number of anilines is 2. The number of amides is 2. The van der Waals surface area contributed by atoms with E-state index in [0.29, 0.717) is 39.4 Å². The Kier molecular flexibility index (Phi) is 6.37. The molecule has 2 heterocycles. The van der Waals surface area contributed by atoms with E-state index in [1.54, 1.807) is 23.1 Å². The lowest BCUT2D eigenvalue weighted by Gasteiger charge is -2.20. The third kappa shape index (κ3) is 4.57. The first-order valence-electron chi connectivity index (χ1n) is 10.7. The van der Waals surface area contributed by atoms with Crippen LogP contribution < -0.4 is 15.0 Å².